The summed E-state index contributed by atoms with van der Waals surface area (Å²) in [6.07, 6.45) is 9.69. The summed E-state index contributed by atoms with van der Waals surface area (Å²) < 4.78 is 0. The lowest BCUT2D eigenvalue weighted by atomic mass is 9.44. The molecule has 0 radical (unpaired) electrons. The third-order valence-corrected chi connectivity index (χ3v) is 9.25. The summed E-state index contributed by atoms with van der Waals surface area (Å²) in [7, 11) is 4.31. The number of allylic oxidation sites excluding steroid dienone is 1. The molecule has 0 spiro atoms. The first-order chi connectivity index (χ1) is 13.4. The molecule has 1 atom stereocenters. The summed E-state index contributed by atoms with van der Waals surface area (Å²) in [6.45, 7) is 28.8. The summed E-state index contributed by atoms with van der Waals surface area (Å²) in [6, 6.07) is 0. The van der Waals surface area contributed by atoms with E-state index in [1.165, 1.54) is 50.6 Å². The number of nitrogens with one attached hydrogen (secondary N) is 1. The third kappa shape index (κ3) is 6.02. The molecule has 0 amide bonds. The fourth-order valence-electron chi connectivity index (χ4n) is 6.22. The molecule has 0 bridgehead atoms. The molecule has 0 saturated heterocycles. The monoisotopic (exact) mass is 408 g/mol. The fraction of sp³-hybridized carbons (Fsp3) is 0.926. The van der Waals surface area contributed by atoms with Crippen LogP contribution in [0.5, 0.6) is 0 Å². The number of hydrogen-bond acceptors (Lipinski definition) is 2. The summed E-state index contributed by atoms with van der Waals surface area (Å²) >= 11 is 0. The minimum atomic E-state index is 0.0656. The molecule has 0 aromatic carbocycles. The normalized spacial score (nSPS) is 15.4. The van der Waals surface area contributed by atoms with Crippen molar-refractivity contribution in [2.24, 2.45) is 21.7 Å². The van der Waals surface area contributed by atoms with Gasteiger partial charge in [0.1, 0.15) is 0 Å². The van der Waals surface area contributed by atoms with Crippen molar-refractivity contribution >= 4 is 0 Å². The third-order valence-electron chi connectivity index (χ3n) is 9.25. The van der Waals surface area contributed by atoms with Gasteiger partial charge in [-0.05, 0) is 62.6 Å². The zero-order valence-corrected chi connectivity index (χ0v) is 22.2. The minimum Gasteiger partial charge on any atom is -0.388 e. The van der Waals surface area contributed by atoms with Gasteiger partial charge < -0.3 is 10.2 Å². The molecule has 0 aromatic rings. The van der Waals surface area contributed by atoms with Crippen LogP contribution in [0.25, 0.3) is 0 Å². The highest BCUT2D eigenvalue weighted by Gasteiger charge is 2.57. The van der Waals surface area contributed by atoms with E-state index in [9.17, 15) is 0 Å². The Morgan fingerprint density at radius 3 is 1.62 bits per heavy atom. The van der Waals surface area contributed by atoms with E-state index in [-0.39, 0.29) is 10.8 Å². The van der Waals surface area contributed by atoms with Gasteiger partial charge in [-0.3, -0.25) is 0 Å². The van der Waals surface area contributed by atoms with Crippen molar-refractivity contribution in [2.45, 2.75) is 114 Å². The molecule has 2 nitrogen and oxygen atoms in total. The molecule has 2 heteroatoms. The Kier molecular flexibility index (Phi) is 11.6. The highest BCUT2D eigenvalue weighted by Crippen LogP contribution is 2.65. The highest BCUT2D eigenvalue weighted by atomic mass is 15.1. The topological polar surface area (TPSA) is 15.3 Å². The van der Waals surface area contributed by atoms with E-state index >= 15 is 0 Å². The van der Waals surface area contributed by atoms with E-state index in [1.54, 1.807) is 0 Å². The maximum absolute atomic E-state index is 4.72. The smallest absolute Gasteiger partial charge is 0.0156 e. The van der Waals surface area contributed by atoms with Crippen LogP contribution in [0.4, 0.5) is 0 Å². The zero-order chi connectivity index (χ0) is 22.9. The lowest BCUT2D eigenvalue weighted by Gasteiger charge is -2.61. The summed E-state index contributed by atoms with van der Waals surface area (Å²) in [5.74, 6) is 0. The van der Waals surface area contributed by atoms with Gasteiger partial charge in [-0.2, -0.15) is 0 Å². The van der Waals surface area contributed by atoms with E-state index in [4.69, 9.17) is 6.58 Å². The molecule has 0 saturated carbocycles. The standard InChI is InChI=1S/C27H56N2/c1-13-24(8,14-2)22-26(10,23(7)28-20-19-21-29(11)12)27(17-5,18-6)25(9,15-3)16-4/h28H,7,13-22H2,1-6,8-12H3. The van der Waals surface area contributed by atoms with Crippen LogP contribution >= 0.6 is 0 Å². The van der Waals surface area contributed by atoms with Crippen molar-refractivity contribution in [1.82, 2.24) is 10.2 Å². The van der Waals surface area contributed by atoms with Crippen LogP contribution in [0.3, 0.4) is 0 Å². The van der Waals surface area contributed by atoms with Gasteiger partial charge in [-0.25, -0.2) is 0 Å². The van der Waals surface area contributed by atoms with Gasteiger partial charge in [0.15, 0.2) is 0 Å². The van der Waals surface area contributed by atoms with E-state index in [0.29, 0.717) is 10.8 Å². The molecule has 29 heavy (non-hydrogen) atoms. The Bertz CT molecular complexity index is 467. The van der Waals surface area contributed by atoms with Crippen molar-refractivity contribution in [1.29, 1.82) is 0 Å². The predicted octanol–water partition coefficient (Wildman–Crippen LogP) is 7.90. The quantitative estimate of drug-likeness (QED) is 0.261. The van der Waals surface area contributed by atoms with Crippen LogP contribution < -0.4 is 5.32 Å². The number of rotatable bonds is 16. The first kappa shape index (κ1) is 28.5. The molecule has 0 rings (SSSR count). The molecule has 1 unspecified atom stereocenters. The maximum Gasteiger partial charge on any atom is 0.0156 e. The Balaban J connectivity index is 6.27. The van der Waals surface area contributed by atoms with Crippen molar-refractivity contribution in [3.05, 3.63) is 12.3 Å². The van der Waals surface area contributed by atoms with Gasteiger partial charge in [0.25, 0.3) is 0 Å². The SMILES string of the molecule is C=C(NCCCN(C)C)C(C)(CC(C)(CC)CC)C(CC)(CC)C(C)(CC)CC. The first-order valence-corrected chi connectivity index (χ1v) is 12.5. The predicted molar refractivity (Wildman–Crippen MR) is 133 cm³/mol. The average Bonchev–Trinajstić information content (AvgIpc) is 2.71. The van der Waals surface area contributed by atoms with E-state index in [0.717, 1.165) is 19.5 Å². The molecule has 0 fully saturated rings. The van der Waals surface area contributed by atoms with E-state index < -0.39 is 0 Å². The van der Waals surface area contributed by atoms with Gasteiger partial charge in [0, 0.05) is 17.7 Å². The molecule has 174 valence electrons. The van der Waals surface area contributed by atoms with Gasteiger partial charge in [0.05, 0.1) is 0 Å². The van der Waals surface area contributed by atoms with Crippen molar-refractivity contribution in [3.63, 3.8) is 0 Å². The second-order valence-electron chi connectivity index (χ2n) is 10.6. The van der Waals surface area contributed by atoms with Gasteiger partial charge in [0.2, 0.25) is 0 Å². The van der Waals surface area contributed by atoms with Crippen molar-refractivity contribution in [2.75, 3.05) is 27.2 Å². The van der Waals surface area contributed by atoms with E-state index in [1.807, 2.05) is 0 Å². The Hall–Kier alpha value is -0.500. The Labute approximate surface area is 185 Å². The molecule has 0 aliphatic heterocycles. The lowest BCUT2D eigenvalue weighted by molar-refractivity contribution is -0.0899. The fourth-order valence-corrected chi connectivity index (χ4v) is 6.22. The minimum absolute atomic E-state index is 0.0656. The number of hydrogen-bond donors (Lipinski definition) is 1. The summed E-state index contributed by atoms with van der Waals surface area (Å²) in [4.78, 5) is 2.27. The largest absolute Gasteiger partial charge is 0.388 e. The van der Waals surface area contributed by atoms with Gasteiger partial charge >= 0.3 is 0 Å². The summed E-state index contributed by atoms with van der Waals surface area (Å²) in [5, 5.41) is 3.82. The molecule has 0 heterocycles. The molecular weight excluding hydrogens is 352 g/mol. The highest BCUT2D eigenvalue weighted by molar-refractivity contribution is 5.19. The van der Waals surface area contributed by atoms with Crippen molar-refractivity contribution < 1.29 is 0 Å². The number of nitrogens with zero attached hydrogens (tertiary/aromatic N) is 1. The van der Waals surface area contributed by atoms with Crippen LogP contribution in [-0.2, 0) is 0 Å². The molecule has 0 aromatic heterocycles. The lowest BCUT2D eigenvalue weighted by Crippen LogP contribution is -2.55. The first-order valence-electron chi connectivity index (χ1n) is 12.5. The molecule has 0 aliphatic carbocycles. The van der Waals surface area contributed by atoms with Crippen LogP contribution in [0, 0.1) is 21.7 Å². The second-order valence-corrected chi connectivity index (χ2v) is 10.6. The van der Waals surface area contributed by atoms with E-state index in [2.05, 4.69) is 86.6 Å². The second kappa shape index (κ2) is 11.8. The molecule has 0 aliphatic rings. The van der Waals surface area contributed by atoms with Crippen LogP contribution in [-0.4, -0.2) is 32.1 Å². The van der Waals surface area contributed by atoms with Crippen LogP contribution in [0.15, 0.2) is 12.3 Å². The van der Waals surface area contributed by atoms with Crippen LogP contribution in [0.1, 0.15) is 114 Å². The Morgan fingerprint density at radius 2 is 1.28 bits per heavy atom. The molecule has 1 N–H and O–H groups in total. The van der Waals surface area contributed by atoms with Crippen LogP contribution in [0.2, 0.25) is 0 Å². The van der Waals surface area contributed by atoms with Gasteiger partial charge in [-0.15, -0.1) is 0 Å². The summed E-state index contributed by atoms with van der Waals surface area (Å²) in [5.41, 5.74) is 2.24. The maximum atomic E-state index is 4.72. The Morgan fingerprint density at radius 1 is 0.793 bits per heavy atom. The van der Waals surface area contributed by atoms with Gasteiger partial charge in [-0.1, -0.05) is 94.6 Å². The average molecular weight is 409 g/mol. The van der Waals surface area contributed by atoms with Crippen molar-refractivity contribution in [3.8, 4) is 0 Å². The zero-order valence-electron chi connectivity index (χ0n) is 22.2. The molecular formula is C27H56N2.